The summed E-state index contributed by atoms with van der Waals surface area (Å²) in [7, 11) is 1.73. The highest BCUT2D eigenvalue weighted by Gasteiger charge is 2.35. The second-order valence-corrected chi connectivity index (χ2v) is 9.16. The molecular formula is C25H30N6O6. The van der Waals surface area contributed by atoms with E-state index in [1.54, 1.807) is 82.1 Å². The predicted octanol–water partition coefficient (Wildman–Crippen LogP) is 4.00. The van der Waals surface area contributed by atoms with Gasteiger partial charge in [0.1, 0.15) is 5.60 Å². The number of benzene rings is 1. The summed E-state index contributed by atoms with van der Waals surface area (Å²) in [4.78, 5) is 41.4. The van der Waals surface area contributed by atoms with Crippen molar-refractivity contribution in [2.24, 2.45) is 7.05 Å². The van der Waals surface area contributed by atoms with Gasteiger partial charge in [-0.2, -0.15) is 5.10 Å². The van der Waals surface area contributed by atoms with Crippen LogP contribution in [0, 0.1) is 10.1 Å². The lowest BCUT2D eigenvalue weighted by Crippen LogP contribution is -2.47. The van der Waals surface area contributed by atoms with Gasteiger partial charge in [0.2, 0.25) is 5.82 Å². The van der Waals surface area contributed by atoms with Crippen LogP contribution in [0.15, 0.2) is 55.0 Å². The number of pyridine rings is 1. The lowest BCUT2D eigenvalue weighted by molar-refractivity contribution is -0.384. The normalized spacial score (nSPS) is 12.8. The van der Waals surface area contributed by atoms with E-state index in [0.29, 0.717) is 16.7 Å². The zero-order valence-electron chi connectivity index (χ0n) is 21.3. The molecule has 2 N–H and O–H groups in total. The first-order valence-electron chi connectivity index (χ1n) is 11.6. The van der Waals surface area contributed by atoms with Crippen LogP contribution in [0.5, 0.6) is 0 Å². The molecule has 0 unspecified atom stereocenters. The van der Waals surface area contributed by atoms with Crippen molar-refractivity contribution in [3.63, 3.8) is 0 Å². The second-order valence-electron chi connectivity index (χ2n) is 9.16. The van der Waals surface area contributed by atoms with Crippen LogP contribution in [-0.4, -0.2) is 50.0 Å². The number of ether oxygens (including phenoxy) is 2. The molecule has 2 aromatic heterocycles. The molecular weight excluding hydrogens is 480 g/mol. The molecule has 2 atom stereocenters. The third kappa shape index (κ3) is 7.26. The molecule has 1 aromatic carbocycles. The van der Waals surface area contributed by atoms with Gasteiger partial charge in [0.15, 0.2) is 6.04 Å². The third-order valence-corrected chi connectivity index (χ3v) is 5.10. The number of alkyl carbamates (subject to hydrolysis) is 1. The van der Waals surface area contributed by atoms with Crippen molar-refractivity contribution in [1.82, 2.24) is 20.1 Å². The Labute approximate surface area is 214 Å². The summed E-state index contributed by atoms with van der Waals surface area (Å²) in [6.45, 7) is 6.82. The Balaban J connectivity index is 2.04. The Morgan fingerprint density at radius 2 is 1.86 bits per heavy atom. The van der Waals surface area contributed by atoms with Crippen LogP contribution in [0.2, 0.25) is 0 Å². The van der Waals surface area contributed by atoms with E-state index < -0.39 is 34.7 Å². The second kappa shape index (κ2) is 11.5. The zero-order valence-corrected chi connectivity index (χ0v) is 21.3. The van der Waals surface area contributed by atoms with Gasteiger partial charge in [0.25, 0.3) is 0 Å². The Morgan fingerprint density at radius 1 is 1.16 bits per heavy atom. The number of hydrogen-bond donors (Lipinski definition) is 2. The maximum Gasteiger partial charge on any atom is 0.408 e. The number of esters is 1. The standard InChI is InChI=1S/C25H30N6O6/c1-6-36-23(32)21(20(16-10-8-7-9-11-16)29-24(33)37-25(2,3)4)28-22-19(31(34)35)12-17(13-26-22)18-14-27-30(5)15-18/h7-15,20-21H,6H2,1-5H3,(H,26,28)(H,29,33)/t20-,21+/m0/s1. The van der Waals surface area contributed by atoms with Gasteiger partial charge in [-0.25, -0.2) is 14.6 Å². The smallest absolute Gasteiger partial charge is 0.408 e. The molecule has 196 valence electrons. The van der Waals surface area contributed by atoms with E-state index in [2.05, 4.69) is 20.7 Å². The largest absolute Gasteiger partial charge is 0.464 e. The summed E-state index contributed by atoms with van der Waals surface area (Å²) in [5.74, 6) is -0.901. The molecule has 12 nitrogen and oxygen atoms in total. The van der Waals surface area contributed by atoms with Crippen LogP contribution in [0.25, 0.3) is 11.1 Å². The number of aryl methyl sites for hydroxylation is 1. The molecule has 1 amide bonds. The van der Waals surface area contributed by atoms with E-state index in [9.17, 15) is 19.7 Å². The van der Waals surface area contributed by atoms with Gasteiger partial charge < -0.3 is 20.1 Å². The number of nitro groups is 1. The van der Waals surface area contributed by atoms with E-state index in [0.717, 1.165) is 0 Å². The number of carbonyl (C=O) groups is 2. The van der Waals surface area contributed by atoms with Crippen molar-refractivity contribution in [2.45, 2.75) is 45.4 Å². The first-order valence-corrected chi connectivity index (χ1v) is 11.6. The zero-order chi connectivity index (χ0) is 27.2. The Hall–Kier alpha value is -4.48. The van der Waals surface area contributed by atoms with Crippen LogP contribution >= 0.6 is 0 Å². The number of hydrogen-bond acceptors (Lipinski definition) is 9. The van der Waals surface area contributed by atoms with Crippen molar-refractivity contribution >= 4 is 23.6 Å². The summed E-state index contributed by atoms with van der Waals surface area (Å²) in [6.07, 6.45) is 3.93. The van der Waals surface area contributed by atoms with Crippen LogP contribution in [-0.2, 0) is 21.3 Å². The van der Waals surface area contributed by atoms with Gasteiger partial charge in [-0.3, -0.25) is 14.8 Å². The van der Waals surface area contributed by atoms with Crippen LogP contribution in [0.4, 0.5) is 16.3 Å². The van der Waals surface area contributed by atoms with E-state index in [1.165, 1.54) is 12.3 Å². The summed E-state index contributed by atoms with van der Waals surface area (Å²) >= 11 is 0. The molecule has 3 aromatic rings. The lowest BCUT2D eigenvalue weighted by Gasteiger charge is -2.29. The first kappa shape index (κ1) is 27.1. The Bertz CT molecular complexity index is 1250. The van der Waals surface area contributed by atoms with Crippen molar-refractivity contribution in [2.75, 3.05) is 11.9 Å². The van der Waals surface area contributed by atoms with Gasteiger partial charge in [0, 0.05) is 36.6 Å². The molecule has 0 saturated heterocycles. The van der Waals surface area contributed by atoms with Gasteiger partial charge >= 0.3 is 17.7 Å². The number of carbonyl (C=O) groups excluding carboxylic acids is 2. The van der Waals surface area contributed by atoms with Gasteiger partial charge in [-0.1, -0.05) is 30.3 Å². The minimum Gasteiger partial charge on any atom is -0.464 e. The molecule has 2 heterocycles. The van der Waals surface area contributed by atoms with E-state index >= 15 is 0 Å². The number of aromatic nitrogens is 3. The molecule has 0 spiro atoms. The fraction of sp³-hybridized carbons (Fsp3) is 0.360. The van der Waals surface area contributed by atoms with Gasteiger partial charge in [0.05, 0.1) is 23.8 Å². The van der Waals surface area contributed by atoms with E-state index in [-0.39, 0.29) is 18.1 Å². The van der Waals surface area contributed by atoms with Crippen molar-refractivity contribution in [1.29, 1.82) is 0 Å². The molecule has 37 heavy (non-hydrogen) atoms. The van der Waals surface area contributed by atoms with Crippen LogP contribution < -0.4 is 10.6 Å². The van der Waals surface area contributed by atoms with Crippen LogP contribution in [0.3, 0.4) is 0 Å². The predicted molar refractivity (Wildman–Crippen MR) is 136 cm³/mol. The Kier molecular flexibility index (Phi) is 8.43. The molecule has 12 heteroatoms. The quantitative estimate of drug-likeness (QED) is 0.247. The minimum absolute atomic E-state index is 0.0560. The minimum atomic E-state index is -1.27. The fourth-order valence-corrected chi connectivity index (χ4v) is 3.54. The molecule has 0 saturated carbocycles. The molecule has 0 bridgehead atoms. The summed E-state index contributed by atoms with van der Waals surface area (Å²) in [6, 6.07) is 7.75. The summed E-state index contributed by atoms with van der Waals surface area (Å²) < 4.78 is 12.2. The number of nitrogens with one attached hydrogen (secondary N) is 2. The fourth-order valence-electron chi connectivity index (χ4n) is 3.54. The monoisotopic (exact) mass is 510 g/mol. The first-order chi connectivity index (χ1) is 17.5. The third-order valence-electron chi connectivity index (χ3n) is 5.10. The molecule has 0 aliphatic carbocycles. The van der Waals surface area contributed by atoms with E-state index in [1.807, 2.05) is 0 Å². The van der Waals surface area contributed by atoms with E-state index in [4.69, 9.17) is 9.47 Å². The van der Waals surface area contributed by atoms with Crippen molar-refractivity contribution in [3.8, 4) is 11.1 Å². The highest BCUT2D eigenvalue weighted by atomic mass is 16.6. The number of rotatable bonds is 9. The molecule has 0 aliphatic rings. The number of anilines is 1. The topological polar surface area (TPSA) is 151 Å². The molecule has 0 radical (unpaired) electrons. The average Bonchev–Trinajstić information content (AvgIpc) is 3.27. The van der Waals surface area contributed by atoms with Crippen molar-refractivity contribution < 1.29 is 24.0 Å². The maximum atomic E-state index is 13.1. The molecule has 0 fully saturated rings. The van der Waals surface area contributed by atoms with Crippen LogP contribution in [0.1, 0.15) is 39.3 Å². The van der Waals surface area contributed by atoms with Crippen molar-refractivity contribution in [3.05, 3.63) is 70.7 Å². The maximum absolute atomic E-state index is 13.1. The van der Waals surface area contributed by atoms with Gasteiger partial charge in [-0.15, -0.1) is 0 Å². The lowest BCUT2D eigenvalue weighted by atomic mass is 9.99. The molecule has 3 rings (SSSR count). The highest BCUT2D eigenvalue weighted by molar-refractivity contribution is 5.83. The summed E-state index contributed by atoms with van der Waals surface area (Å²) in [5, 5.41) is 21.6. The van der Waals surface area contributed by atoms with Gasteiger partial charge in [-0.05, 0) is 33.3 Å². The Morgan fingerprint density at radius 3 is 2.43 bits per heavy atom. The average molecular weight is 511 g/mol. The highest BCUT2D eigenvalue weighted by Crippen LogP contribution is 2.31. The SMILES string of the molecule is CCOC(=O)[C@H](Nc1ncc(-c2cnn(C)c2)cc1[N+](=O)[O-])[C@@H](NC(=O)OC(C)(C)C)c1ccccc1. The molecule has 0 aliphatic heterocycles. The number of nitrogens with zero attached hydrogens (tertiary/aromatic N) is 4. The number of amides is 1. The summed E-state index contributed by atoms with van der Waals surface area (Å²) in [5.41, 5.74) is 0.513.